The van der Waals surface area contributed by atoms with E-state index in [1.54, 1.807) is 6.92 Å². The average Bonchev–Trinajstić information content (AvgIpc) is 2.34. The van der Waals surface area contributed by atoms with Crippen LogP contribution in [0.1, 0.15) is 50.0 Å². The third kappa shape index (κ3) is 3.09. The van der Waals surface area contributed by atoms with Gasteiger partial charge in [0.15, 0.2) is 0 Å². The summed E-state index contributed by atoms with van der Waals surface area (Å²) in [7, 11) is 0. The molecule has 6 nitrogen and oxygen atoms in total. The molecule has 0 fully saturated rings. The fourth-order valence-electron chi connectivity index (χ4n) is 1.64. The molecule has 0 radical (unpaired) electrons. The first-order chi connectivity index (χ1) is 8.90. The summed E-state index contributed by atoms with van der Waals surface area (Å²) < 4.78 is 4.85. The minimum absolute atomic E-state index is 0.102. The van der Waals surface area contributed by atoms with E-state index >= 15 is 0 Å². The highest BCUT2D eigenvalue weighted by Gasteiger charge is 2.26. The fourth-order valence-corrected chi connectivity index (χ4v) is 1.64. The largest absolute Gasteiger partial charge is 0.478 e. The molecule has 1 aromatic rings. The Morgan fingerprint density at radius 2 is 1.74 bits per heavy atom. The lowest BCUT2D eigenvalue weighted by atomic mass is 9.96. The van der Waals surface area contributed by atoms with Gasteiger partial charge in [0.25, 0.3) is 0 Å². The monoisotopic (exact) mass is 266 g/mol. The normalized spacial score (nSPS) is 10.0. The predicted molar refractivity (Wildman–Crippen MR) is 65.7 cm³/mol. The van der Waals surface area contributed by atoms with E-state index in [-0.39, 0.29) is 17.7 Å². The SMILES string of the molecule is CCCOC(=O)c1c(C(=O)O)ccc(C)c1C(=O)O. The zero-order valence-electron chi connectivity index (χ0n) is 10.6. The van der Waals surface area contributed by atoms with Gasteiger partial charge in [-0.3, -0.25) is 0 Å². The van der Waals surface area contributed by atoms with Crippen molar-refractivity contribution in [3.05, 3.63) is 34.4 Å². The first kappa shape index (κ1) is 14.7. The lowest BCUT2D eigenvalue weighted by Gasteiger charge is -2.11. The number of hydrogen-bond acceptors (Lipinski definition) is 4. The second-order valence-electron chi connectivity index (χ2n) is 3.93. The zero-order chi connectivity index (χ0) is 14.6. The molecule has 6 heteroatoms. The quantitative estimate of drug-likeness (QED) is 0.790. The van der Waals surface area contributed by atoms with Crippen LogP contribution < -0.4 is 0 Å². The first-order valence-electron chi connectivity index (χ1n) is 5.67. The minimum Gasteiger partial charge on any atom is -0.478 e. The third-order valence-corrected chi connectivity index (χ3v) is 2.50. The van der Waals surface area contributed by atoms with E-state index in [9.17, 15) is 14.4 Å². The Hall–Kier alpha value is -2.37. The number of aromatic carboxylic acids is 2. The molecule has 0 bridgehead atoms. The number of carboxylic acids is 2. The molecule has 2 N–H and O–H groups in total. The van der Waals surface area contributed by atoms with Gasteiger partial charge >= 0.3 is 17.9 Å². The van der Waals surface area contributed by atoms with Crippen LogP contribution in [0.2, 0.25) is 0 Å². The molecule has 0 unspecified atom stereocenters. The molecule has 0 aliphatic heterocycles. The Bertz CT molecular complexity index is 532. The summed E-state index contributed by atoms with van der Waals surface area (Å²) in [5.74, 6) is -3.66. The summed E-state index contributed by atoms with van der Waals surface area (Å²) in [5.41, 5.74) is -0.806. The highest BCUT2D eigenvalue weighted by molar-refractivity contribution is 6.10. The van der Waals surface area contributed by atoms with Crippen molar-refractivity contribution in [2.75, 3.05) is 6.61 Å². The molecule has 102 valence electrons. The third-order valence-electron chi connectivity index (χ3n) is 2.50. The smallest absolute Gasteiger partial charge is 0.339 e. The molecule has 1 rings (SSSR count). The number of hydrogen-bond donors (Lipinski definition) is 2. The van der Waals surface area contributed by atoms with E-state index in [0.717, 1.165) is 0 Å². The van der Waals surface area contributed by atoms with Gasteiger partial charge in [0.2, 0.25) is 0 Å². The molecule has 1 aromatic carbocycles. The van der Waals surface area contributed by atoms with E-state index in [2.05, 4.69) is 0 Å². The van der Waals surface area contributed by atoms with E-state index in [1.807, 2.05) is 0 Å². The number of esters is 1. The summed E-state index contributed by atoms with van der Waals surface area (Å²) in [4.78, 5) is 34.1. The molecule has 0 saturated carbocycles. The van der Waals surface area contributed by atoms with Crippen molar-refractivity contribution in [3.8, 4) is 0 Å². The predicted octanol–water partition coefficient (Wildman–Crippen LogP) is 1.96. The zero-order valence-corrected chi connectivity index (χ0v) is 10.6. The van der Waals surface area contributed by atoms with Crippen LogP contribution in [0.4, 0.5) is 0 Å². The van der Waals surface area contributed by atoms with Crippen LogP contribution in [0.15, 0.2) is 12.1 Å². The highest BCUT2D eigenvalue weighted by Crippen LogP contribution is 2.21. The van der Waals surface area contributed by atoms with E-state index in [4.69, 9.17) is 14.9 Å². The Kier molecular flexibility index (Phi) is 4.63. The topological polar surface area (TPSA) is 101 Å². The first-order valence-corrected chi connectivity index (χ1v) is 5.67. The van der Waals surface area contributed by atoms with Crippen molar-refractivity contribution in [3.63, 3.8) is 0 Å². The number of rotatable bonds is 5. The number of benzene rings is 1. The maximum absolute atomic E-state index is 11.9. The average molecular weight is 266 g/mol. The van der Waals surface area contributed by atoms with Crippen LogP contribution >= 0.6 is 0 Å². The standard InChI is InChI=1S/C13H14O6/c1-3-6-19-13(18)10-8(11(14)15)5-4-7(2)9(10)12(16)17/h4-5H,3,6H2,1-2H3,(H,14,15)(H,16,17). The van der Waals surface area contributed by atoms with E-state index in [1.165, 1.54) is 19.1 Å². The van der Waals surface area contributed by atoms with Gasteiger partial charge in [-0.25, -0.2) is 14.4 Å². The van der Waals surface area contributed by atoms with Crippen LogP contribution in [-0.2, 0) is 4.74 Å². The van der Waals surface area contributed by atoms with Gasteiger partial charge < -0.3 is 14.9 Å². The van der Waals surface area contributed by atoms with Crippen LogP contribution in [0.5, 0.6) is 0 Å². The Labute approximate surface area is 109 Å². The van der Waals surface area contributed by atoms with Gasteiger partial charge in [0, 0.05) is 0 Å². The van der Waals surface area contributed by atoms with Gasteiger partial charge in [0.05, 0.1) is 23.3 Å². The van der Waals surface area contributed by atoms with E-state index < -0.39 is 23.5 Å². The maximum Gasteiger partial charge on any atom is 0.339 e. The van der Waals surface area contributed by atoms with Crippen molar-refractivity contribution in [2.24, 2.45) is 0 Å². The van der Waals surface area contributed by atoms with Crippen LogP contribution in [-0.4, -0.2) is 34.7 Å². The molecule has 0 aliphatic rings. The molecule has 0 amide bonds. The second kappa shape index (κ2) is 5.99. The summed E-state index contributed by atoms with van der Waals surface area (Å²) in [6.07, 6.45) is 0.558. The Morgan fingerprint density at radius 3 is 2.21 bits per heavy atom. The summed E-state index contributed by atoms with van der Waals surface area (Å²) >= 11 is 0. The highest BCUT2D eigenvalue weighted by atomic mass is 16.5. The van der Waals surface area contributed by atoms with Gasteiger partial charge in [-0.15, -0.1) is 0 Å². The van der Waals surface area contributed by atoms with Crippen molar-refractivity contribution < 1.29 is 29.3 Å². The van der Waals surface area contributed by atoms with Crippen LogP contribution in [0.25, 0.3) is 0 Å². The number of carbonyl (C=O) groups excluding carboxylic acids is 1. The minimum atomic E-state index is -1.37. The number of ether oxygens (including phenoxy) is 1. The van der Waals surface area contributed by atoms with Crippen molar-refractivity contribution >= 4 is 17.9 Å². The van der Waals surface area contributed by atoms with Crippen molar-refractivity contribution in [1.29, 1.82) is 0 Å². The second-order valence-corrected chi connectivity index (χ2v) is 3.93. The number of carbonyl (C=O) groups is 3. The van der Waals surface area contributed by atoms with Crippen LogP contribution in [0.3, 0.4) is 0 Å². The Balaban J connectivity index is 3.46. The van der Waals surface area contributed by atoms with Gasteiger partial charge in [-0.1, -0.05) is 13.0 Å². The molecule has 0 saturated heterocycles. The molecule has 0 aliphatic carbocycles. The van der Waals surface area contributed by atoms with Crippen molar-refractivity contribution in [2.45, 2.75) is 20.3 Å². The Morgan fingerprint density at radius 1 is 1.11 bits per heavy atom. The molecule has 19 heavy (non-hydrogen) atoms. The number of carboxylic acid groups (broad SMARTS) is 2. The lowest BCUT2D eigenvalue weighted by molar-refractivity contribution is 0.0484. The van der Waals surface area contributed by atoms with Gasteiger partial charge in [-0.2, -0.15) is 0 Å². The van der Waals surface area contributed by atoms with Crippen LogP contribution in [0, 0.1) is 6.92 Å². The summed E-state index contributed by atoms with van der Waals surface area (Å²) in [6.45, 7) is 3.37. The molecular formula is C13H14O6. The molecule has 0 aromatic heterocycles. The van der Waals surface area contributed by atoms with Crippen molar-refractivity contribution in [1.82, 2.24) is 0 Å². The fraction of sp³-hybridized carbons (Fsp3) is 0.308. The number of aryl methyl sites for hydroxylation is 1. The lowest BCUT2D eigenvalue weighted by Crippen LogP contribution is -2.18. The summed E-state index contributed by atoms with van der Waals surface area (Å²) in [5, 5.41) is 18.2. The molecule has 0 spiro atoms. The molecular weight excluding hydrogens is 252 g/mol. The van der Waals surface area contributed by atoms with E-state index in [0.29, 0.717) is 12.0 Å². The summed E-state index contributed by atoms with van der Waals surface area (Å²) in [6, 6.07) is 2.55. The van der Waals surface area contributed by atoms with Gasteiger partial charge in [0.1, 0.15) is 0 Å². The molecule has 0 atom stereocenters. The molecule has 0 heterocycles. The van der Waals surface area contributed by atoms with Gasteiger partial charge in [-0.05, 0) is 25.0 Å². The maximum atomic E-state index is 11.9.